The Morgan fingerprint density at radius 2 is 1.89 bits per heavy atom. The third-order valence-corrected chi connectivity index (χ3v) is 4.13. The number of hydrogen-bond donors (Lipinski definition) is 2. The number of halogens is 1. The molecule has 2 heterocycles. The van der Waals surface area contributed by atoms with E-state index < -0.39 is 23.0 Å². The number of carbonyl (C=O) groups excluding carboxylic acids is 1. The molecular formula is C18H17FN4O5. The number of nitrogen functional groups attached to an aromatic ring is 1. The fraction of sp³-hybridized carbons (Fsp3) is 0.167. The standard InChI is InChI=1S/C18H17FN4O5/c1-22-8-13(28-18(26)27-3)16(25)15-12(7-14(24)23(2)17(15)22)21-11-5-4-9(20)6-10(11)19/h4-8,21H,20H2,1-3H3. The Morgan fingerprint density at radius 3 is 2.54 bits per heavy atom. The normalized spacial score (nSPS) is 10.7. The van der Waals surface area contributed by atoms with Crippen LogP contribution < -0.4 is 26.8 Å². The fourth-order valence-corrected chi connectivity index (χ4v) is 2.82. The molecule has 0 amide bonds. The maximum Gasteiger partial charge on any atom is 0.513 e. The number of ether oxygens (including phenoxy) is 2. The van der Waals surface area contributed by atoms with Crippen LogP contribution in [0.4, 0.5) is 26.2 Å². The summed E-state index contributed by atoms with van der Waals surface area (Å²) in [5.41, 5.74) is 4.98. The summed E-state index contributed by atoms with van der Waals surface area (Å²) in [7, 11) is 4.16. The van der Waals surface area contributed by atoms with Gasteiger partial charge in [-0.25, -0.2) is 9.18 Å². The molecule has 146 valence electrons. The van der Waals surface area contributed by atoms with Crippen LogP contribution in [-0.4, -0.2) is 22.4 Å². The molecule has 2 aromatic heterocycles. The van der Waals surface area contributed by atoms with Gasteiger partial charge in [0.05, 0.1) is 30.1 Å². The Bertz CT molecular complexity index is 1220. The summed E-state index contributed by atoms with van der Waals surface area (Å²) >= 11 is 0. The van der Waals surface area contributed by atoms with E-state index in [4.69, 9.17) is 10.5 Å². The van der Waals surface area contributed by atoms with Crippen molar-refractivity contribution < 1.29 is 18.7 Å². The van der Waals surface area contributed by atoms with Gasteiger partial charge in [-0.2, -0.15) is 0 Å². The number of anilines is 3. The van der Waals surface area contributed by atoms with E-state index in [0.717, 1.165) is 19.2 Å². The molecule has 9 nitrogen and oxygen atoms in total. The van der Waals surface area contributed by atoms with Gasteiger partial charge in [0.25, 0.3) is 5.56 Å². The highest BCUT2D eigenvalue weighted by Gasteiger charge is 2.19. The van der Waals surface area contributed by atoms with Crippen molar-refractivity contribution >= 4 is 34.3 Å². The van der Waals surface area contributed by atoms with E-state index in [1.54, 1.807) is 7.05 Å². The van der Waals surface area contributed by atoms with Crippen LogP contribution in [0.15, 0.2) is 40.1 Å². The Kier molecular flexibility index (Phi) is 4.78. The van der Waals surface area contributed by atoms with Crippen molar-refractivity contribution in [3.05, 3.63) is 56.9 Å². The smallest absolute Gasteiger partial charge is 0.437 e. The first kappa shape index (κ1) is 19.0. The molecule has 10 heteroatoms. The molecule has 0 aliphatic rings. The maximum absolute atomic E-state index is 14.2. The number of nitrogens with two attached hydrogens (primary N) is 1. The minimum Gasteiger partial charge on any atom is -0.437 e. The molecule has 28 heavy (non-hydrogen) atoms. The number of carbonyl (C=O) groups is 1. The highest BCUT2D eigenvalue weighted by Crippen LogP contribution is 2.26. The monoisotopic (exact) mass is 388 g/mol. The average Bonchev–Trinajstić information content (AvgIpc) is 2.64. The van der Waals surface area contributed by atoms with E-state index in [2.05, 4.69) is 10.1 Å². The second-order valence-electron chi connectivity index (χ2n) is 6.01. The summed E-state index contributed by atoms with van der Waals surface area (Å²) in [4.78, 5) is 36.7. The largest absolute Gasteiger partial charge is 0.513 e. The fourth-order valence-electron chi connectivity index (χ4n) is 2.82. The van der Waals surface area contributed by atoms with Crippen LogP contribution in [0.3, 0.4) is 0 Å². The molecule has 3 aromatic rings. The number of hydrogen-bond acceptors (Lipinski definition) is 7. The second kappa shape index (κ2) is 7.06. The van der Waals surface area contributed by atoms with Gasteiger partial charge in [0.2, 0.25) is 5.43 Å². The van der Waals surface area contributed by atoms with E-state index in [1.807, 2.05) is 0 Å². The molecule has 0 atom stereocenters. The van der Waals surface area contributed by atoms with Crippen molar-refractivity contribution in [2.75, 3.05) is 18.2 Å². The Balaban J connectivity index is 2.29. The molecule has 0 fully saturated rings. The van der Waals surface area contributed by atoms with Crippen LogP contribution in [0.1, 0.15) is 0 Å². The van der Waals surface area contributed by atoms with Gasteiger partial charge in [-0.05, 0) is 18.2 Å². The minimum atomic E-state index is -1.07. The van der Waals surface area contributed by atoms with Gasteiger partial charge in [0, 0.05) is 25.8 Å². The Morgan fingerprint density at radius 1 is 1.18 bits per heavy atom. The highest BCUT2D eigenvalue weighted by atomic mass is 19.1. The van der Waals surface area contributed by atoms with Gasteiger partial charge < -0.3 is 25.1 Å². The van der Waals surface area contributed by atoms with Gasteiger partial charge in [0.1, 0.15) is 11.5 Å². The van der Waals surface area contributed by atoms with E-state index >= 15 is 0 Å². The van der Waals surface area contributed by atoms with Crippen molar-refractivity contribution in [2.45, 2.75) is 0 Å². The van der Waals surface area contributed by atoms with E-state index in [1.165, 1.54) is 34.5 Å². The average molecular weight is 388 g/mol. The number of nitrogens with one attached hydrogen (secondary N) is 1. The lowest BCUT2D eigenvalue weighted by Gasteiger charge is -2.16. The molecule has 0 spiro atoms. The van der Waals surface area contributed by atoms with Crippen LogP contribution in [0.25, 0.3) is 11.0 Å². The molecule has 3 N–H and O–H groups in total. The number of nitrogens with zero attached hydrogens (tertiary/aromatic N) is 2. The van der Waals surface area contributed by atoms with Crippen LogP contribution in [-0.2, 0) is 18.8 Å². The minimum absolute atomic E-state index is 0.0186. The lowest BCUT2D eigenvalue weighted by molar-refractivity contribution is 0.121. The molecule has 0 aliphatic carbocycles. The van der Waals surface area contributed by atoms with Gasteiger partial charge in [-0.1, -0.05) is 0 Å². The molecule has 0 radical (unpaired) electrons. The van der Waals surface area contributed by atoms with Crippen molar-refractivity contribution in [3.8, 4) is 5.75 Å². The van der Waals surface area contributed by atoms with Crippen LogP contribution in [0, 0.1) is 5.82 Å². The first-order valence-electron chi connectivity index (χ1n) is 8.04. The Labute approximate surface area is 157 Å². The van der Waals surface area contributed by atoms with Crippen molar-refractivity contribution in [3.63, 3.8) is 0 Å². The third kappa shape index (κ3) is 3.27. The highest BCUT2D eigenvalue weighted by molar-refractivity contribution is 5.92. The van der Waals surface area contributed by atoms with Crippen molar-refractivity contribution in [1.82, 2.24) is 9.13 Å². The number of aryl methyl sites for hydroxylation is 2. The molecule has 0 unspecified atom stereocenters. The number of benzene rings is 1. The van der Waals surface area contributed by atoms with E-state index in [9.17, 15) is 18.8 Å². The number of methoxy groups -OCH3 is 1. The zero-order valence-corrected chi connectivity index (χ0v) is 15.3. The van der Waals surface area contributed by atoms with Crippen LogP contribution in [0.5, 0.6) is 5.75 Å². The second-order valence-corrected chi connectivity index (χ2v) is 6.01. The van der Waals surface area contributed by atoms with Crippen molar-refractivity contribution in [1.29, 1.82) is 0 Å². The first-order valence-corrected chi connectivity index (χ1v) is 8.04. The molecule has 0 saturated heterocycles. The molecule has 3 rings (SSSR count). The number of rotatable bonds is 3. The zero-order valence-electron chi connectivity index (χ0n) is 15.3. The van der Waals surface area contributed by atoms with Crippen LogP contribution in [0.2, 0.25) is 0 Å². The van der Waals surface area contributed by atoms with Gasteiger partial charge in [-0.3, -0.25) is 14.2 Å². The SMILES string of the molecule is COC(=O)Oc1cn(C)c2c(c(Nc3ccc(N)cc3F)cc(=O)n2C)c1=O. The lowest BCUT2D eigenvalue weighted by Crippen LogP contribution is -2.24. The summed E-state index contributed by atoms with van der Waals surface area (Å²) in [6.45, 7) is 0. The lowest BCUT2D eigenvalue weighted by atomic mass is 10.2. The van der Waals surface area contributed by atoms with Gasteiger partial charge >= 0.3 is 6.16 Å². The van der Waals surface area contributed by atoms with E-state index in [0.29, 0.717) is 0 Å². The third-order valence-electron chi connectivity index (χ3n) is 4.13. The number of aromatic nitrogens is 2. The Hall–Kier alpha value is -3.82. The van der Waals surface area contributed by atoms with E-state index in [-0.39, 0.29) is 33.8 Å². The topological polar surface area (TPSA) is 118 Å². The van der Waals surface area contributed by atoms with Crippen LogP contribution >= 0.6 is 0 Å². The summed E-state index contributed by atoms with van der Waals surface area (Å²) < 4.78 is 26.2. The molecular weight excluding hydrogens is 371 g/mol. The predicted octanol–water partition coefficient (Wildman–Crippen LogP) is 1.85. The quantitative estimate of drug-likeness (QED) is 0.519. The number of fused-ring (bicyclic) bond motifs is 1. The van der Waals surface area contributed by atoms with Crippen molar-refractivity contribution in [2.24, 2.45) is 14.1 Å². The molecule has 1 aromatic carbocycles. The molecule has 0 saturated carbocycles. The maximum atomic E-state index is 14.2. The molecule has 0 bridgehead atoms. The number of pyridine rings is 2. The summed E-state index contributed by atoms with van der Waals surface area (Å²) in [6, 6.07) is 5.11. The van der Waals surface area contributed by atoms with Gasteiger partial charge in [0.15, 0.2) is 5.75 Å². The molecule has 0 aliphatic heterocycles. The summed E-state index contributed by atoms with van der Waals surface area (Å²) in [5.74, 6) is -0.964. The zero-order chi connectivity index (χ0) is 20.6. The summed E-state index contributed by atoms with van der Waals surface area (Å²) in [6.07, 6.45) is 0.189. The predicted molar refractivity (Wildman–Crippen MR) is 102 cm³/mol. The summed E-state index contributed by atoms with van der Waals surface area (Å²) in [5, 5.41) is 2.77. The van der Waals surface area contributed by atoms with Gasteiger partial charge in [-0.15, -0.1) is 0 Å². The first-order chi connectivity index (χ1) is 13.2.